The highest BCUT2D eigenvalue weighted by molar-refractivity contribution is 6.35. The second-order valence-corrected chi connectivity index (χ2v) is 7.15. The van der Waals surface area contributed by atoms with Crippen molar-refractivity contribution in [2.75, 3.05) is 43.6 Å². The lowest BCUT2D eigenvalue weighted by Crippen LogP contribution is -2.36. The number of hydrogen-bond acceptors (Lipinski definition) is 5. The molecule has 1 N–H and O–H groups in total. The van der Waals surface area contributed by atoms with Crippen LogP contribution >= 0.6 is 23.2 Å². The molecule has 1 aliphatic heterocycles. The van der Waals surface area contributed by atoms with Crippen LogP contribution in [0.4, 0.5) is 11.4 Å². The van der Waals surface area contributed by atoms with E-state index in [0.29, 0.717) is 53.2 Å². The van der Waals surface area contributed by atoms with Gasteiger partial charge in [0.05, 0.1) is 37.3 Å². The van der Waals surface area contributed by atoms with Gasteiger partial charge in [0.1, 0.15) is 0 Å². The molecule has 0 bridgehead atoms. The molecule has 0 aliphatic carbocycles. The van der Waals surface area contributed by atoms with E-state index in [0.717, 1.165) is 5.69 Å². The van der Waals surface area contributed by atoms with E-state index in [1.165, 1.54) is 13.2 Å². The molecule has 152 valence electrons. The van der Waals surface area contributed by atoms with Crippen molar-refractivity contribution in [3.63, 3.8) is 0 Å². The van der Waals surface area contributed by atoms with E-state index in [1.54, 1.807) is 42.5 Å². The fourth-order valence-corrected chi connectivity index (χ4v) is 3.41. The molecule has 3 rings (SSSR count). The Labute approximate surface area is 179 Å². The molecule has 0 saturated carbocycles. The highest BCUT2D eigenvalue weighted by atomic mass is 35.5. The first-order valence-electron chi connectivity index (χ1n) is 8.97. The second-order valence-electron chi connectivity index (χ2n) is 6.31. The Morgan fingerprint density at radius 2 is 1.90 bits per heavy atom. The molecule has 1 amide bonds. The number of carbonyl (C=O) groups is 2. The van der Waals surface area contributed by atoms with E-state index in [9.17, 15) is 9.59 Å². The summed E-state index contributed by atoms with van der Waals surface area (Å²) >= 11 is 12.0. The first-order chi connectivity index (χ1) is 14.0. The Hall–Kier alpha value is -2.54. The highest BCUT2D eigenvalue weighted by Crippen LogP contribution is 2.29. The first-order valence-corrected chi connectivity index (χ1v) is 9.72. The van der Waals surface area contributed by atoms with Gasteiger partial charge >= 0.3 is 5.97 Å². The maximum Gasteiger partial charge on any atom is 0.337 e. The van der Waals surface area contributed by atoms with Gasteiger partial charge in [-0.15, -0.1) is 0 Å². The van der Waals surface area contributed by atoms with E-state index in [2.05, 4.69) is 10.2 Å². The van der Waals surface area contributed by atoms with Gasteiger partial charge in [-0.1, -0.05) is 29.3 Å². The quantitative estimate of drug-likeness (QED) is 0.561. The normalized spacial score (nSPS) is 14.1. The van der Waals surface area contributed by atoms with Gasteiger partial charge in [0, 0.05) is 29.2 Å². The summed E-state index contributed by atoms with van der Waals surface area (Å²) in [6.07, 6.45) is 2.98. The van der Waals surface area contributed by atoms with Crippen molar-refractivity contribution in [1.29, 1.82) is 0 Å². The Bertz CT molecular complexity index is 940. The van der Waals surface area contributed by atoms with Gasteiger partial charge in [-0.05, 0) is 42.0 Å². The van der Waals surface area contributed by atoms with Gasteiger partial charge in [0.15, 0.2) is 0 Å². The third-order valence-electron chi connectivity index (χ3n) is 4.40. The highest BCUT2D eigenvalue weighted by Gasteiger charge is 2.18. The molecule has 0 radical (unpaired) electrons. The lowest BCUT2D eigenvalue weighted by atomic mass is 10.1. The monoisotopic (exact) mass is 434 g/mol. The van der Waals surface area contributed by atoms with Crippen LogP contribution in [0.15, 0.2) is 42.5 Å². The van der Waals surface area contributed by atoms with E-state index < -0.39 is 5.97 Å². The van der Waals surface area contributed by atoms with E-state index in [1.807, 2.05) is 0 Å². The average molecular weight is 435 g/mol. The van der Waals surface area contributed by atoms with Crippen LogP contribution in [0.25, 0.3) is 6.08 Å². The van der Waals surface area contributed by atoms with Crippen LogP contribution in [0, 0.1) is 0 Å². The number of morpholine rings is 1. The minimum Gasteiger partial charge on any atom is -0.465 e. The summed E-state index contributed by atoms with van der Waals surface area (Å²) in [4.78, 5) is 26.5. The van der Waals surface area contributed by atoms with Crippen LogP contribution < -0.4 is 10.2 Å². The number of rotatable bonds is 5. The van der Waals surface area contributed by atoms with Crippen LogP contribution in [-0.2, 0) is 14.3 Å². The van der Waals surface area contributed by atoms with Crippen LogP contribution in [0.5, 0.6) is 0 Å². The Kier molecular flexibility index (Phi) is 7.14. The van der Waals surface area contributed by atoms with Gasteiger partial charge in [0.2, 0.25) is 5.91 Å². The third kappa shape index (κ3) is 5.50. The number of nitrogens with zero attached hydrogens (tertiary/aromatic N) is 1. The van der Waals surface area contributed by atoms with Crippen molar-refractivity contribution < 1.29 is 19.1 Å². The number of halogens is 2. The lowest BCUT2D eigenvalue weighted by molar-refractivity contribution is -0.111. The van der Waals surface area contributed by atoms with Crippen LogP contribution in [-0.4, -0.2) is 45.3 Å². The summed E-state index contributed by atoms with van der Waals surface area (Å²) in [5.41, 5.74) is 2.35. The Morgan fingerprint density at radius 1 is 1.14 bits per heavy atom. The summed E-state index contributed by atoms with van der Waals surface area (Å²) in [5, 5.41) is 3.81. The number of anilines is 2. The average Bonchev–Trinajstić information content (AvgIpc) is 2.73. The first kappa shape index (κ1) is 21.2. The number of methoxy groups -OCH3 is 1. The number of nitrogens with one attached hydrogen (secondary N) is 1. The molecule has 0 aromatic heterocycles. The fourth-order valence-electron chi connectivity index (χ4n) is 2.94. The van der Waals surface area contributed by atoms with Gasteiger partial charge < -0.3 is 19.7 Å². The molecule has 0 atom stereocenters. The number of carbonyl (C=O) groups excluding carboxylic acids is 2. The maximum atomic E-state index is 12.5. The zero-order chi connectivity index (χ0) is 20.8. The van der Waals surface area contributed by atoms with Crippen molar-refractivity contribution in [1.82, 2.24) is 0 Å². The van der Waals surface area contributed by atoms with Crippen molar-refractivity contribution in [2.45, 2.75) is 0 Å². The van der Waals surface area contributed by atoms with Gasteiger partial charge in [-0.25, -0.2) is 4.79 Å². The molecule has 1 saturated heterocycles. The molecule has 29 heavy (non-hydrogen) atoms. The van der Waals surface area contributed by atoms with Gasteiger partial charge in [-0.2, -0.15) is 0 Å². The summed E-state index contributed by atoms with van der Waals surface area (Å²) < 4.78 is 10.2. The lowest BCUT2D eigenvalue weighted by Gasteiger charge is -2.30. The summed E-state index contributed by atoms with van der Waals surface area (Å²) in [6, 6.07) is 10.1. The van der Waals surface area contributed by atoms with Crippen molar-refractivity contribution in [3.8, 4) is 0 Å². The maximum absolute atomic E-state index is 12.5. The van der Waals surface area contributed by atoms with E-state index >= 15 is 0 Å². The molecule has 8 heteroatoms. The predicted molar refractivity (Wildman–Crippen MR) is 115 cm³/mol. The largest absolute Gasteiger partial charge is 0.465 e. The molecule has 0 spiro atoms. The van der Waals surface area contributed by atoms with Crippen LogP contribution in [0.3, 0.4) is 0 Å². The number of benzene rings is 2. The molecular weight excluding hydrogens is 415 g/mol. The SMILES string of the molecule is COC(=O)c1ccc(N2CCOCC2)c(NC(=O)/C=C/c2ccc(Cl)cc2Cl)c1. The molecule has 1 fully saturated rings. The summed E-state index contributed by atoms with van der Waals surface area (Å²) in [7, 11) is 1.31. The molecule has 1 aliphatic rings. The molecule has 0 unspecified atom stereocenters. The standard InChI is InChI=1S/C21H20Cl2N2O4/c1-28-21(27)15-3-6-19(25-8-10-29-11-9-25)18(12-15)24-20(26)7-4-14-2-5-16(22)13-17(14)23/h2-7,12-13H,8-11H2,1H3,(H,24,26)/b7-4+. The zero-order valence-corrected chi connectivity index (χ0v) is 17.3. The number of esters is 1. The van der Waals surface area contributed by atoms with Crippen molar-refractivity contribution in [2.24, 2.45) is 0 Å². The van der Waals surface area contributed by atoms with Crippen LogP contribution in [0.2, 0.25) is 10.0 Å². The minimum atomic E-state index is -0.475. The summed E-state index contributed by atoms with van der Waals surface area (Å²) in [5.74, 6) is -0.829. The Balaban J connectivity index is 1.83. The topological polar surface area (TPSA) is 67.9 Å². The van der Waals surface area contributed by atoms with E-state index in [4.69, 9.17) is 32.7 Å². The fraction of sp³-hybridized carbons (Fsp3) is 0.238. The molecule has 2 aromatic carbocycles. The predicted octanol–water partition coefficient (Wildman–Crippen LogP) is 4.27. The molecule has 2 aromatic rings. The molecular formula is C21H20Cl2N2O4. The minimum absolute atomic E-state index is 0.351. The number of amides is 1. The number of hydrogen-bond donors (Lipinski definition) is 1. The van der Waals surface area contributed by atoms with Gasteiger partial charge in [-0.3, -0.25) is 4.79 Å². The van der Waals surface area contributed by atoms with Gasteiger partial charge in [0.25, 0.3) is 0 Å². The molecule has 1 heterocycles. The van der Waals surface area contributed by atoms with Crippen molar-refractivity contribution >= 4 is 52.5 Å². The zero-order valence-electron chi connectivity index (χ0n) is 15.8. The van der Waals surface area contributed by atoms with Crippen molar-refractivity contribution in [3.05, 3.63) is 63.6 Å². The smallest absolute Gasteiger partial charge is 0.337 e. The van der Waals surface area contributed by atoms with Crippen LogP contribution in [0.1, 0.15) is 15.9 Å². The Morgan fingerprint density at radius 3 is 2.59 bits per heavy atom. The molecule has 6 nitrogen and oxygen atoms in total. The van der Waals surface area contributed by atoms with E-state index in [-0.39, 0.29) is 5.91 Å². The number of ether oxygens (including phenoxy) is 2. The summed E-state index contributed by atoms with van der Waals surface area (Å²) in [6.45, 7) is 2.58. The third-order valence-corrected chi connectivity index (χ3v) is 4.97. The second kappa shape index (κ2) is 9.78.